The lowest BCUT2D eigenvalue weighted by molar-refractivity contribution is 0.0190. The molecule has 0 amide bonds. The van der Waals surface area contributed by atoms with Crippen LogP contribution in [0.2, 0.25) is 0 Å². The molecule has 3 aromatic heterocycles. The normalized spacial score (nSPS) is 16.4. The van der Waals surface area contributed by atoms with Crippen molar-refractivity contribution in [3.05, 3.63) is 42.1 Å². The Morgan fingerprint density at radius 2 is 1.93 bits per heavy atom. The van der Waals surface area contributed by atoms with Gasteiger partial charge in [0, 0.05) is 39.3 Å². The second kappa shape index (κ2) is 7.85. The van der Waals surface area contributed by atoms with E-state index in [2.05, 4.69) is 45.7 Å². The lowest BCUT2D eigenvalue weighted by atomic mass is 10.1. The van der Waals surface area contributed by atoms with Crippen LogP contribution < -0.4 is 4.90 Å². The van der Waals surface area contributed by atoms with Gasteiger partial charge < -0.3 is 14.2 Å². The molecule has 0 N–H and O–H groups in total. The number of fused-ring (bicyclic) bond motifs is 1. The number of anilines is 2. The van der Waals surface area contributed by atoms with E-state index in [4.69, 9.17) is 9.72 Å². The molecule has 28 heavy (non-hydrogen) atoms. The summed E-state index contributed by atoms with van der Waals surface area (Å²) in [6, 6.07) is 4.61. The molecule has 0 aromatic carbocycles. The summed E-state index contributed by atoms with van der Waals surface area (Å²) < 4.78 is 7.50. The van der Waals surface area contributed by atoms with Crippen LogP contribution in [0.15, 0.2) is 30.9 Å². The predicted octanol–water partition coefficient (Wildman–Crippen LogP) is 3.09. The molecular formula is C21H28N6O. The van der Waals surface area contributed by atoms with E-state index in [1.165, 1.54) is 5.56 Å². The molecular weight excluding hydrogens is 352 g/mol. The number of hydrogen-bond donors (Lipinski definition) is 0. The Balaban J connectivity index is 1.63. The second-order valence-corrected chi connectivity index (χ2v) is 7.36. The van der Waals surface area contributed by atoms with Gasteiger partial charge in [-0.15, -0.1) is 0 Å². The number of rotatable bonds is 5. The van der Waals surface area contributed by atoms with Crippen LogP contribution in [0.1, 0.15) is 31.1 Å². The van der Waals surface area contributed by atoms with Crippen molar-refractivity contribution >= 4 is 22.5 Å². The number of ether oxygens (including phenoxy) is 1. The monoisotopic (exact) mass is 380 g/mol. The largest absolute Gasteiger partial charge is 0.379 e. The summed E-state index contributed by atoms with van der Waals surface area (Å²) in [6.07, 6.45) is 6.57. The summed E-state index contributed by atoms with van der Waals surface area (Å²) in [6.45, 7) is 7.94. The van der Waals surface area contributed by atoms with Gasteiger partial charge >= 0.3 is 0 Å². The molecule has 1 fully saturated rings. The van der Waals surface area contributed by atoms with Crippen molar-refractivity contribution in [1.29, 1.82) is 0 Å². The van der Waals surface area contributed by atoms with Crippen LogP contribution >= 0.6 is 0 Å². The van der Waals surface area contributed by atoms with Crippen LogP contribution in [0.25, 0.3) is 11.0 Å². The maximum Gasteiger partial charge on any atom is 0.134 e. The zero-order valence-corrected chi connectivity index (χ0v) is 17.1. The maximum absolute atomic E-state index is 5.48. The molecule has 7 heteroatoms. The van der Waals surface area contributed by atoms with E-state index in [1.54, 1.807) is 0 Å². The van der Waals surface area contributed by atoms with Gasteiger partial charge in [0.15, 0.2) is 0 Å². The lowest BCUT2D eigenvalue weighted by Crippen LogP contribution is -2.38. The van der Waals surface area contributed by atoms with Gasteiger partial charge in [-0.05, 0) is 25.0 Å². The molecule has 0 spiro atoms. The van der Waals surface area contributed by atoms with Crippen LogP contribution in [0.4, 0.5) is 11.5 Å². The maximum atomic E-state index is 5.48. The average Bonchev–Trinajstić information content (AvgIpc) is 3.13. The molecule has 7 nitrogen and oxygen atoms in total. The van der Waals surface area contributed by atoms with Crippen molar-refractivity contribution in [3.63, 3.8) is 0 Å². The first kappa shape index (κ1) is 18.8. The van der Waals surface area contributed by atoms with E-state index in [0.29, 0.717) is 0 Å². The Kier molecular flexibility index (Phi) is 5.28. The molecule has 0 radical (unpaired) electrons. The highest BCUT2D eigenvalue weighted by molar-refractivity contribution is 5.79. The van der Waals surface area contributed by atoms with E-state index in [1.807, 2.05) is 37.4 Å². The number of aromatic nitrogens is 4. The van der Waals surface area contributed by atoms with Gasteiger partial charge in [-0.3, -0.25) is 9.88 Å². The van der Waals surface area contributed by atoms with Crippen LogP contribution in [-0.4, -0.2) is 57.8 Å². The average molecular weight is 380 g/mol. The first-order chi connectivity index (χ1) is 13.6. The highest BCUT2D eigenvalue weighted by Gasteiger charge is 2.21. The summed E-state index contributed by atoms with van der Waals surface area (Å²) in [5, 5.41) is 0. The Morgan fingerprint density at radius 3 is 2.68 bits per heavy atom. The second-order valence-electron chi connectivity index (χ2n) is 7.36. The highest BCUT2D eigenvalue weighted by atomic mass is 16.5. The van der Waals surface area contributed by atoms with Crippen LogP contribution in [0.3, 0.4) is 0 Å². The van der Waals surface area contributed by atoms with Crippen molar-refractivity contribution in [2.45, 2.75) is 26.3 Å². The molecule has 148 valence electrons. The van der Waals surface area contributed by atoms with Crippen LogP contribution in [0, 0.1) is 0 Å². The Hall–Kier alpha value is -2.51. The van der Waals surface area contributed by atoms with Crippen molar-refractivity contribution in [1.82, 2.24) is 24.4 Å². The first-order valence-corrected chi connectivity index (χ1v) is 9.90. The fourth-order valence-electron chi connectivity index (χ4n) is 3.80. The third-order valence-corrected chi connectivity index (χ3v) is 5.69. The Morgan fingerprint density at radius 1 is 1.14 bits per heavy atom. The van der Waals surface area contributed by atoms with E-state index < -0.39 is 0 Å². The molecule has 1 saturated heterocycles. The van der Waals surface area contributed by atoms with Gasteiger partial charge in [0.2, 0.25) is 0 Å². The molecule has 3 aromatic rings. The molecule has 1 aliphatic rings. The van der Waals surface area contributed by atoms with Crippen LogP contribution in [-0.2, 0) is 18.2 Å². The number of aryl methyl sites for hydroxylation is 2. The van der Waals surface area contributed by atoms with Gasteiger partial charge in [0.25, 0.3) is 0 Å². The van der Waals surface area contributed by atoms with E-state index >= 15 is 0 Å². The van der Waals surface area contributed by atoms with Crippen molar-refractivity contribution < 1.29 is 4.74 Å². The fraction of sp³-hybridized carbons (Fsp3) is 0.476. The molecule has 0 aliphatic carbocycles. The van der Waals surface area contributed by atoms with Gasteiger partial charge in [-0.25, -0.2) is 9.97 Å². The van der Waals surface area contributed by atoms with Gasteiger partial charge in [0.1, 0.15) is 11.3 Å². The van der Waals surface area contributed by atoms with E-state index in [9.17, 15) is 0 Å². The SMILES string of the molecule is CCc1cc(C(C)N2CCOCC2)ncc1N(C)c1cc2c(cn1)ncn2C. The topological polar surface area (TPSA) is 59.3 Å². The summed E-state index contributed by atoms with van der Waals surface area (Å²) in [5.41, 5.74) is 5.46. The standard InChI is InChI=1S/C21H28N6O/c1-5-16-10-17(15(2)27-6-8-28-9-7-27)22-13-20(16)26(4)21-11-19-18(12-23-21)24-14-25(19)3/h10-15H,5-9H2,1-4H3. The fourth-order valence-corrected chi connectivity index (χ4v) is 3.80. The van der Waals surface area contributed by atoms with Crippen molar-refractivity contribution in [3.8, 4) is 0 Å². The highest BCUT2D eigenvalue weighted by Crippen LogP contribution is 2.30. The third-order valence-electron chi connectivity index (χ3n) is 5.69. The molecule has 4 rings (SSSR count). The molecule has 1 aliphatic heterocycles. The predicted molar refractivity (Wildman–Crippen MR) is 111 cm³/mol. The van der Waals surface area contributed by atoms with E-state index in [-0.39, 0.29) is 6.04 Å². The lowest BCUT2D eigenvalue weighted by Gasteiger charge is -2.32. The molecule has 4 heterocycles. The summed E-state index contributed by atoms with van der Waals surface area (Å²) in [4.78, 5) is 18.3. The Labute approximate surface area is 166 Å². The number of morpholine rings is 1. The van der Waals surface area contributed by atoms with Gasteiger partial charge in [-0.2, -0.15) is 0 Å². The summed E-state index contributed by atoms with van der Waals surface area (Å²) in [7, 11) is 4.05. The summed E-state index contributed by atoms with van der Waals surface area (Å²) in [5.74, 6) is 0.890. The molecule has 1 unspecified atom stereocenters. The van der Waals surface area contributed by atoms with E-state index in [0.717, 1.165) is 61.0 Å². The zero-order chi connectivity index (χ0) is 19.7. The molecule has 0 bridgehead atoms. The minimum absolute atomic E-state index is 0.289. The van der Waals surface area contributed by atoms with Crippen molar-refractivity contribution in [2.75, 3.05) is 38.3 Å². The number of imidazole rings is 1. The van der Waals surface area contributed by atoms with Crippen molar-refractivity contribution in [2.24, 2.45) is 7.05 Å². The third kappa shape index (κ3) is 3.47. The number of pyridine rings is 2. The quantitative estimate of drug-likeness (QED) is 0.678. The number of hydrogen-bond acceptors (Lipinski definition) is 6. The minimum Gasteiger partial charge on any atom is -0.379 e. The zero-order valence-electron chi connectivity index (χ0n) is 17.1. The van der Waals surface area contributed by atoms with Gasteiger partial charge in [0.05, 0.1) is 48.8 Å². The Bertz CT molecular complexity index is 963. The van der Waals surface area contributed by atoms with Gasteiger partial charge in [-0.1, -0.05) is 6.92 Å². The summed E-state index contributed by atoms with van der Waals surface area (Å²) >= 11 is 0. The first-order valence-electron chi connectivity index (χ1n) is 9.90. The molecule has 0 saturated carbocycles. The smallest absolute Gasteiger partial charge is 0.134 e. The van der Waals surface area contributed by atoms with Crippen LogP contribution in [0.5, 0.6) is 0 Å². The minimum atomic E-state index is 0.289. The molecule has 1 atom stereocenters. The number of nitrogens with zero attached hydrogens (tertiary/aromatic N) is 6.